The molecular weight excluding hydrogens is 765 g/mol. The molecule has 0 aliphatic heterocycles. The highest BCUT2D eigenvalue weighted by atomic mass is 16.3. The molecule has 0 fully saturated rings. The number of rotatable bonds is 8. The van der Waals surface area contributed by atoms with Crippen LogP contribution in [0.2, 0.25) is 0 Å². The van der Waals surface area contributed by atoms with Crippen molar-refractivity contribution in [2.24, 2.45) is 0 Å². The molecule has 3 heteroatoms. The van der Waals surface area contributed by atoms with Crippen LogP contribution in [0.25, 0.3) is 93.9 Å². The van der Waals surface area contributed by atoms with Gasteiger partial charge in [-0.2, -0.15) is 0 Å². The molecule has 63 heavy (non-hydrogen) atoms. The first-order chi connectivity index (χ1) is 31.3. The number of furan rings is 1. The smallest absolute Gasteiger partial charge is 0.143 e. The lowest BCUT2D eigenvalue weighted by Gasteiger charge is -2.28. The fourth-order valence-electron chi connectivity index (χ4n) is 9.51. The van der Waals surface area contributed by atoms with Crippen molar-refractivity contribution in [3.8, 4) is 50.2 Å². The summed E-state index contributed by atoms with van der Waals surface area (Å²) in [4.78, 5) is 2.39. The molecule has 0 saturated heterocycles. The molecule has 0 unspecified atom stereocenters. The molecule has 12 rings (SSSR count). The summed E-state index contributed by atoms with van der Waals surface area (Å²) in [6, 6.07) is 87.1. The van der Waals surface area contributed by atoms with Gasteiger partial charge in [0.25, 0.3) is 0 Å². The van der Waals surface area contributed by atoms with Crippen LogP contribution in [-0.4, -0.2) is 4.57 Å². The normalized spacial score (nSPS) is 11.5. The van der Waals surface area contributed by atoms with E-state index in [1.54, 1.807) is 0 Å². The zero-order valence-electron chi connectivity index (χ0n) is 34.4. The molecule has 0 atom stereocenters. The van der Waals surface area contributed by atoms with Crippen LogP contribution in [0.3, 0.4) is 0 Å². The third-order valence-electron chi connectivity index (χ3n) is 12.4. The molecule has 0 saturated carbocycles. The van der Waals surface area contributed by atoms with Gasteiger partial charge in [-0.05, 0) is 88.5 Å². The molecule has 0 amide bonds. The molecular formula is C60H40N2O. The second-order valence-corrected chi connectivity index (χ2v) is 16.1. The number of hydrogen-bond donors (Lipinski definition) is 0. The Hall–Kier alpha value is -8.40. The van der Waals surface area contributed by atoms with Crippen LogP contribution < -0.4 is 4.90 Å². The van der Waals surface area contributed by atoms with E-state index in [9.17, 15) is 0 Å². The van der Waals surface area contributed by atoms with E-state index in [1.807, 2.05) is 12.1 Å². The standard InChI is InChI=1S/C60H40N2O/c1-2-17-41(18-3-1)48-23-4-9-30-55(48)61(46-37-35-42(36-38-46)50-28-16-29-54-53-27-8-13-34-59(53)63-60(50)54)47-22-15-20-44(40-47)43-19-14-21-45(39-43)49-24-5-10-31-56(49)62-57-32-11-6-25-51(57)52-26-7-12-33-58(52)62/h1-40H. The number of nitrogens with zero attached hydrogens (tertiary/aromatic N) is 2. The van der Waals surface area contributed by atoms with Crippen molar-refractivity contribution in [3.63, 3.8) is 0 Å². The highest BCUT2D eigenvalue weighted by Gasteiger charge is 2.20. The van der Waals surface area contributed by atoms with Crippen molar-refractivity contribution >= 4 is 60.8 Å². The van der Waals surface area contributed by atoms with Crippen LogP contribution in [0.5, 0.6) is 0 Å². The molecule has 0 aliphatic carbocycles. The van der Waals surface area contributed by atoms with Gasteiger partial charge < -0.3 is 13.9 Å². The molecule has 2 aromatic heterocycles. The predicted octanol–water partition coefficient (Wildman–Crippen LogP) is 16.8. The molecule has 12 aromatic rings. The van der Waals surface area contributed by atoms with Gasteiger partial charge in [-0.1, -0.05) is 182 Å². The van der Waals surface area contributed by atoms with Crippen molar-refractivity contribution in [1.29, 1.82) is 0 Å². The first-order valence-corrected chi connectivity index (χ1v) is 21.5. The summed E-state index contributed by atoms with van der Waals surface area (Å²) >= 11 is 0. The van der Waals surface area contributed by atoms with Gasteiger partial charge in [-0.25, -0.2) is 0 Å². The van der Waals surface area contributed by atoms with Crippen LogP contribution in [0.1, 0.15) is 0 Å². The van der Waals surface area contributed by atoms with Crippen molar-refractivity contribution < 1.29 is 4.42 Å². The fourth-order valence-corrected chi connectivity index (χ4v) is 9.51. The minimum Gasteiger partial charge on any atom is -0.455 e. The summed E-state index contributed by atoms with van der Waals surface area (Å²) in [5.41, 5.74) is 17.7. The molecule has 0 aliphatic rings. The quantitative estimate of drug-likeness (QED) is 0.153. The topological polar surface area (TPSA) is 21.3 Å². The number of anilines is 3. The summed E-state index contributed by atoms with van der Waals surface area (Å²) in [5.74, 6) is 0. The summed E-state index contributed by atoms with van der Waals surface area (Å²) in [6.07, 6.45) is 0. The zero-order chi connectivity index (χ0) is 41.7. The van der Waals surface area contributed by atoms with Gasteiger partial charge in [-0.3, -0.25) is 0 Å². The van der Waals surface area contributed by atoms with Gasteiger partial charge in [0, 0.05) is 49.6 Å². The van der Waals surface area contributed by atoms with Crippen LogP contribution >= 0.6 is 0 Å². The minimum atomic E-state index is 0.901. The van der Waals surface area contributed by atoms with E-state index in [4.69, 9.17) is 4.42 Å². The van der Waals surface area contributed by atoms with Gasteiger partial charge in [0.1, 0.15) is 11.2 Å². The Morgan fingerprint density at radius 1 is 0.317 bits per heavy atom. The van der Waals surface area contributed by atoms with Crippen LogP contribution in [-0.2, 0) is 0 Å². The summed E-state index contributed by atoms with van der Waals surface area (Å²) in [5, 5.41) is 4.77. The number of aromatic nitrogens is 1. The third kappa shape index (κ3) is 6.29. The average molecular weight is 805 g/mol. The lowest BCUT2D eigenvalue weighted by Crippen LogP contribution is -2.11. The van der Waals surface area contributed by atoms with Crippen molar-refractivity contribution in [3.05, 3.63) is 243 Å². The summed E-state index contributed by atoms with van der Waals surface area (Å²) in [7, 11) is 0. The Morgan fingerprint density at radius 3 is 1.65 bits per heavy atom. The molecule has 3 nitrogen and oxygen atoms in total. The maximum atomic E-state index is 6.46. The maximum Gasteiger partial charge on any atom is 0.143 e. The predicted molar refractivity (Wildman–Crippen MR) is 264 cm³/mol. The maximum absolute atomic E-state index is 6.46. The molecule has 10 aromatic carbocycles. The Bertz CT molecular complexity index is 3580. The number of para-hydroxylation sites is 6. The highest BCUT2D eigenvalue weighted by Crippen LogP contribution is 2.44. The Labute approximate surface area is 366 Å². The van der Waals surface area contributed by atoms with Crippen LogP contribution in [0, 0.1) is 0 Å². The average Bonchev–Trinajstić information content (AvgIpc) is 3.91. The Morgan fingerprint density at radius 2 is 0.857 bits per heavy atom. The second-order valence-electron chi connectivity index (χ2n) is 16.1. The molecule has 0 bridgehead atoms. The van der Waals surface area contributed by atoms with Crippen LogP contribution in [0.4, 0.5) is 17.1 Å². The van der Waals surface area contributed by atoms with Gasteiger partial charge in [0.05, 0.1) is 22.4 Å². The number of fused-ring (bicyclic) bond motifs is 6. The second kappa shape index (κ2) is 15.3. The lowest BCUT2D eigenvalue weighted by molar-refractivity contribution is 0.670. The molecule has 296 valence electrons. The van der Waals surface area contributed by atoms with Gasteiger partial charge in [0.2, 0.25) is 0 Å². The first kappa shape index (κ1) is 36.5. The van der Waals surface area contributed by atoms with E-state index in [2.05, 4.69) is 240 Å². The van der Waals surface area contributed by atoms with Crippen molar-refractivity contribution in [2.45, 2.75) is 0 Å². The van der Waals surface area contributed by atoms with Gasteiger partial charge in [-0.15, -0.1) is 0 Å². The highest BCUT2D eigenvalue weighted by molar-refractivity contribution is 6.11. The lowest BCUT2D eigenvalue weighted by atomic mass is 9.97. The molecule has 0 radical (unpaired) electrons. The monoisotopic (exact) mass is 804 g/mol. The summed E-state index contributed by atoms with van der Waals surface area (Å²) < 4.78 is 8.87. The van der Waals surface area contributed by atoms with E-state index in [0.29, 0.717) is 0 Å². The largest absolute Gasteiger partial charge is 0.455 e. The van der Waals surface area contributed by atoms with E-state index >= 15 is 0 Å². The number of hydrogen-bond acceptors (Lipinski definition) is 2. The first-order valence-electron chi connectivity index (χ1n) is 21.5. The van der Waals surface area contributed by atoms with E-state index in [0.717, 1.165) is 83.6 Å². The summed E-state index contributed by atoms with van der Waals surface area (Å²) in [6.45, 7) is 0. The van der Waals surface area contributed by atoms with E-state index < -0.39 is 0 Å². The molecule has 0 spiro atoms. The number of benzene rings is 10. The van der Waals surface area contributed by atoms with E-state index in [-0.39, 0.29) is 0 Å². The zero-order valence-corrected chi connectivity index (χ0v) is 34.4. The Kier molecular flexibility index (Phi) is 8.83. The fraction of sp³-hybridized carbons (Fsp3) is 0. The van der Waals surface area contributed by atoms with Crippen molar-refractivity contribution in [1.82, 2.24) is 4.57 Å². The van der Waals surface area contributed by atoms with Crippen LogP contribution in [0.15, 0.2) is 247 Å². The van der Waals surface area contributed by atoms with Crippen molar-refractivity contribution in [2.75, 3.05) is 4.90 Å². The third-order valence-corrected chi connectivity index (χ3v) is 12.4. The van der Waals surface area contributed by atoms with Gasteiger partial charge in [0.15, 0.2) is 0 Å². The minimum absolute atomic E-state index is 0.901. The molecule has 0 N–H and O–H groups in total. The van der Waals surface area contributed by atoms with E-state index in [1.165, 1.54) is 27.4 Å². The Balaban J connectivity index is 0.973. The SMILES string of the molecule is c1ccc(-c2ccccc2N(c2ccc(-c3cccc4c3oc3ccccc34)cc2)c2cccc(-c3cccc(-c4ccccc4-n4c5ccccc5c5ccccc54)c3)c2)cc1. The van der Waals surface area contributed by atoms with Gasteiger partial charge >= 0.3 is 0 Å². The molecule has 2 heterocycles.